The molecule has 0 unspecified atom stereocenters. The first-order chi connectivity index (χ1) is 12.1. The topological polar surface area (TPSA) is 60.9 Å². The number of nitrogens with zero attached hydrogens (tertiary/aromatic N) is 2. The summed E-state index contributed by atoms with van der Waals surface area (Å²) >= 11 is 9.89. The molecule has 0 radical (unpaired) electrons. The summed E-state index contributed by atoms with van der Waals surface area (Å²) in [6.07, 6.45) is 1.77. The number of halogens is 1. The number of hydrogen-bond acceptors (Lipinski definition) is 5. The molecule has 1 aromatic carbocycles. The van der Waals surface area contributed by atoms with Gasteiger partial charge in [-0.3, -0.25) is 14.5 Å². The number of carbonyl (C=O) groups is 2. The molecular weight excluding hydrogens is 436 g/mol. The van der Waals surface area contributed by atoms with Crippen molar-refractivity contribution in [1.29, 1.82) is 0 Å². The Balaban J connectivity index is 2.17. The summed E-state index contributed by atoms with van der Waals surface area (Å²) in [7, 11) is 0. The van der Waals surface area contributed by atoms with Crippen LogP contribution in [-0.4, -0.2) is 56.3 Å². The molecule has 0 aliphatic carbocycles. The number of hydrogen-bond donors (Lipinski definition) is 1. The smallest absolute Gasteiger partial charge is 0.266 e. The molecule has 0 saturated carbocycles. The second-order valence-electron chi connectivity index (χ2n) is 6.76. The molecule has 5 nitrogen and oxygen atoms in total. The van der Waals surface area contributed by atoms with Crippen LogP contribution in [-0.2, 0) is 9.59 Å². The summed E-state index contributed by atoms with van der Waals surface area (Å²) in [5.41, 5.74) is 0.426. The van der Waals surface area contributed by atoms with Gasteiger partial charge >= 0.3 is 0 Å². The zero-order valence-electron chi connectivity index (χ0n) is 14.9. The first kappa shape index (κ1) is 21.1. The van der Waals surface area contributed by atoms with Gasteiger partial charge in [-0.25, -0.2) is 0 Å². The molecule has 2 amide bonds. The van der Waals surface area contributed by atoms with Crippen molar-refractivity contribution >= 4 is 62.1 Å². The van der Waals surface area contributed by atoms with Crippen LogP contribution in [0.25, 0.3) is 6.08 Å². The Hall–Kier alpha value is -1.22. The molecular formula is C18H21BrN2O3S2. The predicted molar refractivity (Wildman–Crippen MR) is 113 cm³/mol. The molecule has 0 spiro atoms. The Morgan fingerprint density at radius 1 is 1.42 bits per heavy atom. The van der Waals surface area contributed by atoms with Crippen LogP contribution in [0.5, 0.6) is 0 Å². The third-order valence-corrected chi connectivity index (χ3v) is 5.62. The van der Waals surface area contributed by atoms with Gasteiger partial charge in [0.2, 0.25) is 5.91 Å². The van der Waals surface area contributed by atoms with Gasteiger partial charge < -0.3 is 10.0 Å². The number of thiocarbonyl (C=S) groups is 1. The van der Waals surface area contributed by atoms with Crippen LogP contribution in [0.4, 0.5) is 0 Å². The lowest BCUT2D eigenvalue weighted by molar-refractivity contribution is -0.139. The van der Waals surface area contributed by atoms with Gasteiger partial charge in [-0.05, 0) is 44.5 Å². The summed E-state index contributed by atoms with van der Waals surface area (Å²) in [6, 6.07) is 7.59. The average molecular weight is 457 g/mol. The normalized spacial score (nSPS) is 16.5. The van der Waals surface area contributed by atoms with Crippen molar-refractivity contribution in [2.75, 3.05) is 19.7 Å². The Kier molecular flexibility index (Phi) is 7.01. The van der Waals surface area contributed by atoms with E-state index < -0.39 is 5.54 Å². The molecule has 1 N–H and O–H groups in total. The summed E-state index contributed by atoms with van der Waals surface area (Å²) in [6.45, 7) is 5.61. The van der Waals surface area contributed by atoms with Crippen LogP contribution in [0.15, 0.2) is 33.6 Å². The van der Waals surface area contributed by atoms with Gasteiger partial charge in [-0.15, -0.1) is 0 Å². The molecule has 1 aliphatic rings. The lowest BCUT2D eigenvalue weighted by Crippen LogP contribution is -2.51. The SMILES string of the molecule is CC(C)(C)N(CCO)C(=O)CN1C(=O)C(=Cc2cccc(Br)c2)SC1=S. The van der Waals surface area contributed by atoms with E-state index in [-0.39, 0.29) is 31.5 Å². The van der Waals surface area contributed by atoms with Gasteiger partial charge in [0.25, 0.3) is 5.91 Å². The summed E-state index contributed by atoms with van der Waals surface area (Å²) < 4.78 is 1.28. The van der Waals surface area contributed by atoms with E-state index in [4.69, 9.17) is 12.2 Å². The van der Waals surface area contributed by atoms with Crippen LogP contribution in [0.1, 0.15) is 26.3 Å². The Bertz CT molecular complexity index is 759. The number of amides is 2. The highest BCUT2D eigenvalue weighted by Gasteiger charge is 2.36. The molecule has 1 saturated heterocycles. The van der Waals surface area contributed by atoms with E-state index in [9.17, 15) is 14.7 Å². The highest BCUT2D eigenvalue weighted by atomic mass is 79.9. The van der Waals surface area contributed by atoms with Crippen molar-refractivity contribution in [2.24, 2.45) is 0 Å². The minimum absolute atomic E-state index is 0.127. The molecule has 1 aromatic rings. The van der Waals surface area contributed by atoms with Gasteiger partial charge in [-0.1, -0.05) is 52.0 Å². The maximum atomic E-state index is 12.7. The summed E-state index contributed by atoms with van der Waals surface area (Å²) in [5.74, 6) is -0.516. The number of aliphatic hydroxyl groups excluding tert-OH is 1. The molecule has 0 bridgehead atoms. The van der Waals surface area contributed by atoms with Crippen LogP contribution in [0.3, 0.4) is 0 Å². The van der Waals surface area contributed by atoms with Crippen molar-refractivity contribution in [2.45, 2.75) is 26.3 Å². The van der Waals surface area contributed by atoms with Gasteiger partial charge in [0.1, 0.15) is 10.9 Å². The van der Waals surface area contributed by atoms with Crippen molar-refractivity contribution < 1.29 is 14.7 Å². The third kappa shape index (κ3) is 5.16. The predicted octanol–water partition coefficient (Wildman–Crippen LogP) is 3.27. The van der Waals surface area contributed by atoms with Crippen LogP contribution < -0.4 is 0 Å². The van der Waals surface area contributed by atoms with E-state index in [2.05, 4.69) is 15.9 Å². The van der Waals surface area contributed by atoms with Crippen molar-refractivity contribution in [1.82, 2.24) is 9.80 Å². The highest BCUT2D eigenvalue weighted by Crippen LogP contribution is 2.33. The van der Waals surface area contributed by atoms with Crippen LogP contribution in [0, 0.1) is 0 Å². The minimum atomic E-state index is -0.452. The van der Waals surface area contributed by atoms with Crippen LogP contribution in [0.2, 0.25) is 0 Å². The number of carbonyl (C=O) groups excluding carboxylic acids is 2. The third-order valence-electron chi connectivity index (χ3n) is 3.75. The molecule has 1 fully saturated rings. The first-order valence-electron chi connectivity index (χ1n) is 8.05. The van der Waals surface area contributed by atoms with E-state index in [0.29, 0.717) is 9.23 Å². The van der Waals surface area contributed by atoms with Crippen molar-refractivity contribution in [3.05, 3.63) is 39.2 Å². The van der Waals surface area contributed by atoms with E-state index in [1.54, 1.807) is 11.0 Å². The van der Waals surface area contributed by atoms with Crippen LogP contribution >= 0.6 is 39.9 Å². The lowest BCUT2D eigenvalue weighted by atomic mass is 10.1. The van der Waals surface area contributed by atoms with E-state index in [1.165, 1.54) is 16.7 Å². The largest absolute Gasteiger partial charge is 0.395 e. The van der Waals surface area contributed by atoms with E-state index in [1.807, 2.05) is 45.0 Å². The molecule has 2 rings (SSSR count). The maximum Gasteiger partial charge on any atom is 0.266 e. The quantitative estimate of drug-likeness (QED) is 0.544. The molecule has 0 aromatic heterocycles. The second-order valence-corrected chi connectivity index (χ2v) is 9.35. The molecule has 0 atom stereocenters. The number of β-amino-alcohol motifs (C(OH)–C–C–N with tert-alkyl or cyclic N) is 1. The Labute approximate surface area is 171 Å². The number of thioether (sulfide) groups is 1. The van der Waals surface area contributed by atoms with Gasteiger partial charge in [0.15, 0.2) is 0 Å². The molecule has 1 aliphatic heterocycles. The van der Waals surface area contributed by atoms with Crippen molar-refractivity contribution in [3.8, 4) is 0 Å². The fourth-order valence-electron chi connectivity index (χ4n) is 2.54. The van der Waals surface area contributed by atoms with Crippen molar-refractivity contribution in [3.63, 3.8) is 0 Å². The monoisotopic (exact) mass is 456 g/mol. The molecule has 1 heterocycles. The Morgan fingerprint density at radius 2 is 2.12 bits per heavy atom. The van der Waals surface area contributed by atoms with Gasteiger partial charge in [0.05, 0.1) is 11.5 Å². The van der Waals surface area contributed by atoms with E-state index >= 15 is 0 Å². The lowest BCUT2D eigenvalue weighted by Gasteiger charge is -2.36. The molecule has 8 heteroatoms. The summed E-state index contributed by atoms with van der Waals surface area (Å²) in [4.78, 5) is 28.7. The average Bonchev–Trinajstić information content (AvgIpc) is 2.79. The Morgan fingerprint density at radius 3 is 2.69 bits per heavy atom. The number of rotatable bonds is 5. The highest BCUT2D eigenvalue weighted by molar-refractivity contribution is 9.10. The second kappa shape index (κ2) is 8.65. The first-order valence-corrected chi connectivity index (χ1v) is 10.1. The zero-order valence-corrected chi connectivity index (χ0v) is 18.1. The number of benzene rings is 1. The molecule has 26 heavy (non-hydrogen) atoms. The zero-order chi connectivity index (χ0) is 19.5. The standard InChI is InChI=1S/C18H21BrN2O3S2/c1-18(2,3)21(7-8-22)15(23)11-20-16(24)14(26-17(20)25)10-12-5-4-6-13(19)9-12/h4-6,9-10,22H,7-8,11H2,1-3H3. The fourth-order valence-corrected chi connectivity index (χ4v) is 4.21. The molecule has 140 valence electrons. The van der Waals surface area contributed by atoms with E-state index in [0.717, 1.165) is 10.0 Å². The maximum absolute atomic E-state index is 12.7. The van der Waals surface area contributed by atoms with Gasteiger partial charge in [0, 0.05) is 16.6 Å². The van der Waals surface area contributed by atoms with Gasteiger partial charge in [-0.2, -0.15) is 0 Å². The number of aliphatic hydroxyl groups is 1. The fraction of sp³-hybridized carbons (Fsp3) is 0.389. The summed E-state index contributed by atoms with van der Waals surface area (Å²) in [5, 5.41) is 9.23. The minimum Gasteiger partial charge on any atom is -0.395 e.